The molecule has 0 bridgehead atoms. The summed E-state index contributed by atoms with van der Waals surface area (Å²) in [6.45, 7) is 4.79. The van der Waals surface area contributed by atoms with Crippen molar-refractivity contribution in [3.8, 4) is 0 Å². The first-order valence-electron chi connectivity index (χ1n) is 7.03. The highest BCUT2D eigenvalue weighted by molar-refractivity contribution is 5.97. The molecule has 1 aromatic rings. The van der Waals surface area contributed by atoms with Gasteiger partial charge in [-0.1, -0.05) is 13.8 Å². The highest BCUT2D eigenvalue weighted by atomic mass is 19.1. The van der Waals surface area contributed by atoms with Crippen molar-refractivity contribution >= 4 is 17.6 Å². The average Bonchev–Trinajstić information content (AvgIpc) is 2.49. The van der Waals surface area contributed by atoms with Crippen LogP contribution in [0, 0.1) is 5.82 Å². The normalized spacial score (nSPS) is 10.0. The van der Waals surface area contributed by atoms with Gasteiger partial charge in [0.2, 0.25) is 5.91 Å². The molecule has 2 amide bonds. The van der Waals surface area contributed by atoms with Crippen LogP contribution in [-0.4, -0.2) is 36.4 Å². The number of aromatic nitrogens is 1. The third-order valence-corrected chi connectivity index (χ3v) is 2.66. The molecule has 0 saturated carbocycles. The van der Waals surface area contributed by atoms with Crippen molar-refractivity contribution in [2.24, 2.45) is 0 Å². The number of halogens is 1. The van der Waals surface area contributed by atoms with Crippen LogP contribution in [-0.2, 0) is 4.79 Å². The van der Waals surface area contributed by atoms with Gasteiger partial charge in [-0.2, -0.15) is 0 Å². The highest BCUT2D eigenvalue weighted by Gasteiger charge is 2.16. The third-order valence-electron chi connectivity index (χ3n) is 2.66. The maximum absolute atomic E-state index is 14.1. The van der Waals surface area contributed by atoms with Gasteiger partial charge in [-0.15, -0.1) is 0 Å². The molecule has 0 unspecified atom stereocenters. The van der Waals surface area contributed by atoms with Crippen LogP contribution in [0.1, 0.15) is 37.0 Å². The summed E-state index contributed by atoms with van der Waals surface area (Å²) in [7, 11) is 0. The van der Waals surface area contributed by atoms with Crippen molar-refractivity contribution in [2.75, 3.05) is 25.0 Å². The monoisotopic (exact) mass is 296 g/mol. The molecule has 0 atom stereocenters. The number of carbonyl (C=O) groups is 2. The molecule has 1 rings (SSSR count). The van der Waals surface area contributed by atoms with Crippen LogP contribution in [0.4, 0.5) is 10.2 Å². The highest BCUT2D eigenvalue weighted by Crippen LogP contribution is 2.14. The quantitative estimate of drug-likeness (QED) is 0.675. The minimum Gasteiger partial charge on any atom is -0.368 e. The Bertz CT molecular complexity index is 494. The second kappa shape index (κ2) is 8.89. The lowest BCUT2D eigenvalue weighted by molar-refractivity contribution is -0.120. The Balaban J connectivity index is 2.63. The van der Waals surface area contributed by atoms with Gasteiger partial charge >= 0.3 is 0 Å². The number of rotatable bonds is 8. The van der Waals surface area contributed by atoms with Gasteiger partial charge in [-0.25, -0.2) is 9.37 Å². The van der Waals surface area contributed by atoms with E-state index in [0.29, 0.717) is 13.1 Å². The molecule has 6 nitrogen and oxygen atoms in total. The first kappa shape index (κ1) is 16.9. The molecular formula is C14H21FN4O2. The molecule has 1 heterocycles. The van der Waals surface area contributed by atoms with Crippen molar-refractivity contribution in [1.29, 1.82) is 0 Å². The smallest absolute Gasteiger partial charge is 0.254 e. The molecule has 0 saturated heterocycles. The number of anilines is 1. The summed E-state index contributed by atoms with van der Waals surface area (Å²) in [5, 5.41) is 7.81. The number of hydrogen-bond acceptors (Lipinski definition) is 4. The second-order valence-corrected chi connectivity index (χ2v) is 4.48. The molecule has 0 aliphatic carbocycles. The number of amides is 2. The van der Waals surface area contributed by atoms with Crippen LogP contribution in [0.25, 0.3) is 0 Å². The van der Waals surface area contributed by atoms with E-state index in [-0.39, 0.29) is 23.8 Å². The van der Waals surface area contributed by atoms with E-state index in [1.807, 2.05) is 13.8 Å². The first-order chi connectivity index (χ1) is 10.1. The number of hydrogen-bond donors (Lipinski definition) is 3. The van der Waals surface area contributed by atoms with Gasteiger partial charge in [-0.05, 0) is 18.9 Å². The van der Waals surface area contributed by atoms with Gasteiger partial charge in [0, 0.05) is 19.3 Å². The van der Waals surface area contributed by atoms with E-state index in [2.05, 4.69) is 20.9 Å². The Labute approximate surface area is 123 Å². The summed E-state index contributed by atoms with van der Waals surface area (Å²) in [6.07, 6.45) is 2.98. The van der Waals surface area contributed by atoms with E-state index in [1.165, 1.54) is 12.3 Å². The zero-order chi connectivity index (χ0) is 15.7. The maximum atomic E-state index is 14.1. The molecule has 0 aliphatic heterocycles. The van der Waals surface area contributed by atoms with Gasteiger partial charge in [-0.3, -0.25) is 9.59 Å². The average molecular weight is 296 g/mol. The van der Waals surface area contributed by atoms with E-state index in [4.69, 9.17) is 0 Å². The van der Waals surface area contributed by atoms with Crippen LogP contribution in [0.3, 0.4) is 0 Å². The van der Waals surface area contributed by atoms with Crippen LogP contribution < -0.4 is 16.0 Å². The number of nitrogens with zero attached hydrogens (tertiary/aromatic N) is 1. The summed E-state index contributed by atoms with van der Waals surface area (Å²) in [5.74, 6) is -1.61. The lowest BCUT2D eigenvalue weighted by Crippen LogP contribution is -2.37. The fourth-order valence-corrected chi connectivity index (χ4v) is 1.57. The number of pyridine rings is 1. The van der Waals surface area contributed by atoms with E-state index < -0.39 is 11.7 Å². The predicted molar refractivity (Wildman–Crippen MR) is 78.6 cm³/mol. The summed E-state index contributed by atoms with van der Waals surface area (Å²) in [4.78, 5) is 27.1. The number of nitrogens with one attached hydrogen (secondary N) is 3. The third kappa shape index (κ3) is 5.37. The lowest BCUT2D eigenvalue weighted by Gasteiger charge is -2.09. The summed E-state index contributed by atoms with van der Waals surface area (Å²) >= 11 is 0. The fraction of sp³-hybridized carbons (Fsp3) is 0.500. The van der Waals surface area contributed by atoms with E-state index in [0.717, 1.165) is 12.8 Å². The van der Waals surface area contributed by atoms with Crippen molar-refractivity contribution < 1.29 is 14.0 Å². The SMILES string of the molecule is CCCNC(=O)CNC(=O)c1ccnc(NCCC)c1F. The molecule has 3 N–H and O–H groups in total. The van der Waals surface area contributed by atoms with Gasteiger partial charge in [0.1, 0.15) is 0 Å². The number of carbonyl (C=O) groups excluding carboxylic acids is 2. The molecule has 0 aromatic carbocycles. The zero-order valence-corrected chi connectivity index (χ0v) is 12.3. The van der Waals surface area contributed by atoms with Gasteiger partial charge in [0.15, 0.2) is 11.6 Å². The molecule has 0 aliphatic rings. The molecule has 0 radical (unpaired) electrons. The van der Waals surface area contributed by atoms with Crippen molar-refractivity contribution in [1.82, 2.24) is 15.6 Å². The minimum atomic E-state index is -0.711. The van der Waals surface area contributed by atoms with Crippen LogP contribution >= 0.6 is 0 Å². The molecule has 7 heteroatoms. The molecular weight excluding hydrogens is 275 g/mol. The largest absolute Gasteiger partial charge is 0.368 e. The van der Waals surface area contributed by atoms with Crippen LogP contribution in [0.15, 0.2) is 12.3 Å². The maximum Gasteiger partial charge on any atom is 0.254 e. The van der Waals surface area contributed by atoms with Crippen molar-refractivity contribution in [2.45, 2.75) is 26.7 Å². The molecule has 21 heavy (non-hydrogen) atoms. The standard InChI is InChI=1S/C14H21FN4O2/c1-3-6-16-11(20)9-19-14(21)10-5-8-18-13(12(10)15)17-7-4-2/h5,8H,3-4,6-7,9H2,1-2H3,(H,16,20)(H,17,18)(H,19,21). The lowest BCUT2D eigenvalue weighted by atomic mass is 10.2. The van der Waals surface area contributed by atoms with E-state index in [1.54, 1.807) is 0 Å². The Morgan fingerprint density at radius 2 is 1.90 bits per heavy atom. The minimum absolute atomic E-state index is 0.0416. The van der Waals surface area contributed by atoms with Gasteiger partial charge < -0.3 is 16.0 Å². The summed E-state index contributed by atoms with van der Waals surface area (Å²) in [6, 6.07) is 1.28. The second-order valence-electron chi connectivity index (χ2n) is 4.48. The molecule has 0 spiro atoms. The Morgan fingerprint density at radius 1 is 1.19 bits per heavy atom. The first-order valence-corrected chi connectivity index (χ1v) is 7.03. The predicted octanol–water partition coefficient (Wildman–Crippen LogP) is 1.30. The van der Waals surface area contributed by atoms with Gasteiger partial charge in [0.25, 0.3) is 5.91 Å². The Hall–Kier alpha value is -2.18. The summed E-state index contributed by atoms with van der Waals surface area (Å²) in [5.41, 5.74) is -0.133. The zero-order valence-electron chi connectivity index (χ0n) is 12.3. The van der Waals surface area contributed by atoms with Crippen molar-refractivity contribution in [3.63, 3.8) is 0 Å². The molecule has 0 fully saturated rings. The van der Waals surface area contributed by atoms with Crippen LogP contribution in [0.2, 0.25) is 0 Å². The van der Waals surface area contributed by atoms with E-state index in [9.17, 15) is 14.0 Å². The van der Waals surface area contributed by atoms with Gasteiger partial charge in [0.05, 0.1) is 12.1 Å². The van der Waals surface area contributed by atoms with Crippen LogP contribution in [0.5, 0.6) is 0 Å². The Kier molecular flexibility index (Phi) is 7.14. The molecule has 1 aromatic heterocycles. The molecule has 116 valence electrons. The van der Waals surface area contributed by atoms with Crippen molar-refractivity contribution in [3.05, 3.63) is 23.6 Å². The summed E-state index contributed by atoms with van der Waals surface area (Å²) < 4.78 is 14.1. The fourth-order valence-electron chi connectivity index (χ4n) is 1.57. The van der Waals surface area contributed by atoms with E-state index >= 15 is 0 Å². The Morgan fingerprint density at radius 3 is 2.57 bits per heavy atom. The topological polar surface area (TPSA) is 83.1 Å².